The van der Waals surface area contributed by atoms with Crippen molar-refractivity contribution in [2.45, 2.75) is 18.9 Å². The number of nitrogens with one attached hydrogen (secondary N) is 1. The van der Waals surface area contributed by atoms with Crippen LogP contribution in [0.5, 0.6) is 0 Å². The number of carbonyl (C=O) groups is 1. The molecule has 0 saturated carbocycles. The molecule has 0 bridgehead atoms. The molecule has 0 spiro atoms. The van der Waals surface area contributed by atoms with Crippen molar-refractivity contribution < 1.29 is 4.79 Å². The predicted octanol–water partition coefficient (Wildman–Crippen LogP) is 2.52. The lowest BCUT2D eigenvalue weighted by Crippen LogP contribution is -2.45. The molecule has 1 aliphatic heterocycles. The molecule has 1 amide bonds. The number of pyridine rings is 1. The molecule has 3 rings (SSSR count). The fraction of sp³-hybridized carbons (Fsp3) is 0.400. The van der Waals surface area contributed by atoms with Crippen molar-refractivity contribution in [3.63, 3.8) is 0 Å². The summed E-state index contributed by atoms with van der Waals surface area (Å²) in [6.07, 6.45) is 6.56. The molecular formula is C15H17Cl2N5O. The van der Waals surface area contributed by atoms with Gasteiger partial charge >= 0.3 is 0 Å². The van der Waals surface area contributed by atoms with E-state index < -0.39 is 0 Å². The molecule has 0 unspecified atom stereocenters. The van der Waals surface area contributed by atoms with Gasteiger partial charge in [-0.15, -0.1) is 0 Å². The lowest BCUT2D eigenvalue weighted by atomic mass is 10.0. The van der Waals surface area contributed by atoms with Gasteiger partial charge in [-0.3, -0.25) is 9.48 Å². The Labute approximate surface area is 144 Å². The number of rotatable bonds is 3. The minimum atomic E-state index is -0.0841. The third-order valence-corrected chi connectivity index (χ3v) is 4.37. The van der Waals surface area contributed by atoms with Gasteiger partial charge in [-0.1, -0.05) is 23.2 Å². The number of aromatic nitrogens is 3. The summed E-state index contributed by atoms with van der Waals surface area (Å²) in [5.41, 5.74) is 0.581. The summed E-state index contributed by atoms with van der Waals surface area (Å²) in [7, 11) is 1.79. The highest BCUT2D eigenvalue weighted by atomic mass is 35.5. The lowest BCUT2D eigenvalue weighted by molar-refractivity contribution is 0.0931. The van der Waals surface area contributed by atoms with Crippen molar-refractivity contribution >= 4 is 34.9 Å². The zero-order chi connectivity index (χ0) is 16.4. The summed E-state index contributed by atoms with van der Waals surface area (Å²) in [6.45, 7) is 1.57. The molecule has 8 heteroatoms. The molecule has 122 valence electrons. The van der Waals surface area contributed by atoms with Gasteiger partial charge in [0.1, 0.15) is 5.82 Å². The molecule has 2 aromatic rings. The van der Waals surface area contributed by atoms with Gasteiger partial charge in [-0.05, 0) is 18.9 Å². The largest absolute Gasteiger partial charge is 0.355 e. The highest BCUT2D eigenvalue weighted by Crippen LogP contribution is 2.28. The molecule has 3 heterocycles. The van der Waals surface area contributed by atoms with Gasteiger partial charge in [-0.2, -0.15) is 5.10 Å². The summed E-state index contributed by atoms with van der Waals surface area (Å²) in [4.78, 5) is 18.6. The van der Waals surface area contributed by atoms with Crippen LogP contribution in [0.25, 0.3) is 0 Å². The van der Waals surface area contributed by atoms with Crippen LogP contribution in [0.3, 0.4) is 0 Å². The topological polar surface area (TPSA) is 63.1 Å². The number of carbonyl (C=O) groups excluding carboxylic acids is 1. The van der Waals surface area contributed by atoms with Crippen LogP contribution in [0.15, 0.2) is 24.7 Å². The van der Waals surface area contributed by atoms with Gasteiger partial charge in [0.25, 0.3) is 5.91 Å². The molecule has 0 atom stereocenters. The first-order chi connectivity index (χ1) is 11.0. The Balaban J connectivity index is 1.57. The lowest BCUT2D eigenvalue weighted by Gasteiger charge is -2.33. The van der Waals surface area contributed by atoms with Gasteiger partial charge < -0.3 is 10.2 Å². The van der Waals surface area contributed by atoms with Crippen molar-refractivity contribution in [3.8, 4) is 0 Å². The third-order valence-electron chi connectivity index (χ3n) is 3.89. The van der Waals surface area contributed by atoms with Crippen LogP contribution < -0.4 is 10.2 Å². The minimum absolute atomic E-state index is 0.0841. The summed E-state index contributed by atoms with van der Waals surface area (Å²) >= 11 is 12.1. The number of anilines is 1. The summed E-state index contributed by atoms with van der Waals surface area (Å²) in [6, 6.07) is 1.84. The Hall–Kier alpha value is -1.79. The maximum atomic E-state index is 12.1. The van der Waals surface area contributed by atoms with Gasteiger partial charge in [0.15, 0.2) is 0 Å². The highest BCUT2D eigenvalue weighted by molar-refractivity contribution is 6.36. The zero-order valence-electron chi connectivity index (χ0n) is 12.7. The first-order valence-electron chi connectivity index (χ1n) is 7.38. The molecule has 2 aromatic heterocycles. The van der Waals surface area contributed by atoms with Crippen LogP contribution in [-0.2, 0) is 7.05 Å². The van der Waals surface area contributed by atoms with Crippen molar-refractivity contribution in [1.82, 2.24) is 20.1 Å². The number of amides is 1. The van der Waals surface area contributed by atoms with Crippen LogP contribution in [-0.4, -0.2) is 39.8 Å². The van der Waals surface area contributed by atoms with E-state index in [1.54, 1.807) is 36.4 Å². The van der Waals surface area contributed by atoms with Gasteiger partial charge in [0.2, 0.25) is 0 Å². The highest BCUT2D eigenvalue weighted by Gasteiger charge is 2.23. The molecule has 6 nitrogen and oxygen atoms in total. The van der Waals surface area contributed by atoms with Gasteiger partial charge in [-0.25, -0.2) is 4.98 Å². The SMILES string of the molecule is Cn1cc(C(=O)NC2CCN(c3ncc(Cl)cc3Cl)CC2)cn1. The van der Waals surface area contributed by atoms with E-state index in [4.69, 9.17) is 23.2 Å². The average molecular weight is 354 g/mol. The van der Waals surface area contributed by atoms with Crippen molar-refractivity contribution in [3.05, 3.63) is 40.3 Å². The quantitative estimate of drug-likeness (QED) is 0.920. The molecule has 0 aromatic carbocycles. The van der Waals surface area contributed by atoms with Crippen LogP contribution in [0, 0.1) is 0 Å². The number of piperidine rings is 1. The van der Waals surface area contributed by atoms with Crippen LogP contribution in [0.4, 0.5) is 5.82 Å². The van der Waals surface area contributed by atoms with E-state index in [1.807, 2.05) is 0 Å². The van der Waals surface area contributed by atoms with Crippen LogP contribution in [0.2, 0.25) is 10.0 Å². The van der Waals surface area contributed by atoms with E-state index in [0.29, 0.717) is 15.6 Å². The van der Waals surface area contributed by atoms with E-state index in [9.17, 15) is 4.79 Å². The summed E-state index contributed by atoms with van der Waals surface area (Å²) < 4.78 is 1.62. The molecule has 23 heavy (non-hydrogen) atoms. The standard InChI is InChI=1S/C15H17Cl2N5O/c1-21-9-10(7-19-21)15(23)20-12-2-4-22(5-3-12)14-13(17)6-11(16)8-18-14/h6-9,12H,2-5H2,1H3,(H,20,23). The number of halogens is 2. The smallest absolute Gasteiger partial charge is 0.254 e. The monoisotopic (exact) mass is 353 g/mol. The molecule has 1 aliphatic rings. The van der Waals surface area contributed by atoms with Crippen molar-refractivity contribution in [1.29, 1.82) is 0 Å². The number of hydrogen-bond donors (Lipinski definition) is 1. The van der Waals surface area contributed by atoms with Gasteiger partial charge in [0, 0.05) is 38.6 Å². The maximum Gasteiger partial charge on any atom is 0.254 e. The van der Waals surface area contributed by atoms with Crippen molar-refractivity contribution in [2.24, 2.45) is 7.05 Å². The average Bonchev–Trinajstić information content (AvgIpc) is 2.95. The van der Waals surface area contributed by atoms with E-state index in [1.165, 1.54) is 0 Å². The van der Waals surface area contributed by atoms with Gasteiger partial charge in [0.05, 0.1) is 21.8 Å². The summed E-state index contributed by atoms with van der Waals surface area (Å²) in [5, 5.41) is 8.14. The Morgan fingerprint density at radius 3 is 2.65 bits per heavy atom. The summed E-state index contributed by atoms with van der Waals surface area (Å²) in [5.74, 6) is 0.660. The second-order valence-electron chi connectivity index (χ2n) is 5.60. The predicted molar refractivity (Wildman–Crippen MR) is 90.2 cm³/mol. The molecule has 1 fully saturated rings. The number of aryl methyl sites for hydroxylation is 1. The van der Waals surface area contributed by atoms with E-state index in [2.05, 4.69) is 20.3 Å². The van der Waals surface area contributed by atoms with E-state index in [0.717, 1.165) is 31.7 Å². The molecule has 0 radical (unpaired) electrons. The number of hydrogen-bond acceptors (Lipinski definition) is 4. The molecule has 0 aliphatic carbocycles. The van der Waals surface area contributed by atoms with Crippen LogP contribution in [0.1, 0.15) is 23.2 Å². The third kappa shape index (κ3) is 3.76. The van der Waals surface area contributed by atoms with E-state index >= 15 is 0 Å². The first kappa shape index (κ1) is 16.1. The maximum absolute atomic E-state index is 12.1. The second-order valence-corrected chi connectivity index (χ2v) is 6.44. The molecule has 1 saturated heterocycles. The molecular weight excluding hydrogens is 337 g/mol. The number of nitrogens with zero attached hydrogens (tertiary/aromatic N) is 4. The Morgan fingerprint density at radius 1 is 1.30 bits per heavy atom. The molecule has 1 N–H and O–H groups in total. The minimum Gasteiger partial charge on any atom is -0.355 e. The van der Waals surface area contributed by atoms with Crippen LogP contribution >= 0.6 is 23.2 Å². The first-order valence-corrected chi connectivity index (χ1v) is 8.14. The Kier molecular flexibility index (Phi) is 4.73. The zero-order valence-corrected chi connectivity index (χ0v) is 14.2. The normalized spacial score (nSPS) is 15.7. The van der Waals surface area contributed by atoms with Crippen molar-refractivity contribution in [2.75, 3.05) is 18.0 Å². The fourth-order valence-electron chi connectivity index (χ4n) is 2.68. The Bertz CT molecular complexity index is 710. The fourth-order valence-corrected chi connectivity index (χ4v) is 3.18. The Morgan fingerprint density at radius 2 is 2.04 bits per heavy atom. The second kappa shape index (κ2) is 6.76. The van der Waals surface area contributed by atoms with E-state index in [-0.39, 0.29) is 11.9 Å².